The number of piperidine rings is 2. The maximum absolute atomic E-state index is 13.6. The van der Waals surface area contributed by atoms with Crippen LogP contribution in [0.3, 0.4) is 0 Å². The van der Waals surface area contributed by atoms with E-state index in [1.807, 2.05) is 25.1 Å². The second-order valence-corrected chi connectivity index (χ2v) is 13.5. The number of aromatic nitrogens is 5. The molecule has 8 rings (SSSR count). The van der Waals surface area contributed by atoms with Crippen LogP contribution < -0.4 is 20.9 Å². The summed E-state index contributed by atoms with van der Waals surface area (Å²) in [6.45, 7) is 3.93. The van der Waals surface area contributed by atoms with Crippen LogP contribution in [0.15, 0.2) is 49.1 Å². The Labute approximate surface area is 286 Å². The largest absolute Gasteiger partial charge is 0.371 e. The summed E-state index contributed by atoms with van der Waals surface area (Å²) in [4.78, 5) is 84.8. The van der Waals surface area contributed by atoms with Gasteiger partial charge in [-0.2, -0.15) is 0 Å². The molecule has 3 aromatic heterocycles. The summed E-state index contributed by atoms with van der Waals surface area (Å²) in [7, 11) is 0. The van der Waals surface area contributed by atoms with Crippen LogP contribution in [-0.4, -0.2) is 90.7 Å². The average molecular weight is 677 g/mol. The first kappa shape index (κ1) is 31.5. The zero-order valence-corrected chi connectivity index (χ0v) is 27.5. The number of aryl methyl sites for hydroxylation is 1. The van der Waals surface area contributed by atoms with E-state index in [0.717, 1.165) is 41.9 Å². The summed E-state index contributed by atoms with van der Waals surface area (Å²) in [5.74, 6) is -1.17. The molecule has 3 N–H and O–H groups in total. The van der Waals surface area contributed by atoms with Crippen LogP contribution in [0.5, 0.6) is 0 Å². The molecule has 1 unspecified atom stereocenters. The van der Waals surface area contributed by atoms with Gasteiger partial charge in [-0.15, -0.1) is 0 Å². The molecule has 6 heterocycles. The van der Waals surface area contributed by atoms with Crippen molar-refractivity contribution >= 4 is 52.2 Å². The third kappa shape index (κ3) is 5.61. The number of nitrogens with zero attached hydrogens (tertiary/aromatic N) is 7. The molecule has 3 aliphatic heterocycles. The number of nitrogens with one attached hydrogen (secondary N) is 3. The fourth-order valence-corrected chi connectivity index (χ4v) is 7.49. The lowest BCUT2D eigenvalue weighted by Crippen LogP contribution is -2.54. The number of amides is 5. The van der Waals surface area contributed by atoms with Gasteiger partial charge in [-0.3, -0.25) is 34.2 Å². The van der Waals surface area contributed by atoms with Crippen LogP contribution >= 0.6 is 0 Å². The van der Waals surface area contributed by atoms with E-state index in [-0.39, 0.29) is 36.4 Å². The van der Waals surface area contributed by atoms with Gasteiger partial charge in [0, 0.05) is 43.8 Å². The van der Waals surface area contributed by atoms with Crippen molar-refractivity contribution in [1.29, 1.82) is 0 Å². The smallest absolute Gasteiger partial charge is 0.270 e. The normalized spacial score (nSPS) is 22.4. The minimum atomic E-state index is -0.995. The van der Waals surface area contributed by atoms with Crippen LogP contribution in [-0.2, 0) is 9.59 Å². The predicted octanol–water partition coefficient (Wildman–Crippen LogP) is 2.39. The van der Waals surface area contributed by atoms with Gasteiger partial charge in [0.05, 0.1) is 23.1 Å². The second-order valence-electron chi connectivity index (χ2n) is 13.5. The molecule has 0 bridgehead atoms. The Bertz CT molecular complexity index is 2050. The molecule has 1 atom stereocenters. The number of carbonyl (C=O) groups is 5. The van der Waals surface area contributed by atoms with Crippen molar-refractivity contribution in [2.75, 3.05) is 29.9 Å². The summed E-state index contributed by atoms with van der Waals surface area (Å²) in [6.07, 6.45) is 6.78. The third-order valence-corrected chi connectivity index (χ3v) is 10.3. The van der Waals surface area contributed by atoms with Crippen molar-refractivity contribution in [1.82, 2.24) is 40.0 Å². The Balaban J connectivity index is 0.871. The zero-order valence-electron chi connectivity index (χ0n) is 27.5. The highest BCUT2D eigenvalue weighted by Crippen LogP contribution is 2.37. The number of fused-ring (bicyclic) bond motifs is 2. The lowest BCUT2D eigenvalue weighted by molar-refractivity contribution is -0.136. The molecular formula is C35H36N10O5. The van der Waals surface area contributed by atoms with Gasteiger partial charge >= 0.3 is 0 Å². The number of hydrogen-bond acceptors (Lipinski definition) is 11. The van der Waals surface area contributed by atoms with E-state index < -0.39 is 29.7 Å². The van der Waals surface area contributed by atoms with Crippen molar-refractivity contribution in [2.24, 2.45) is 5.92 Å². The summed E-state index contributed by atoms with van der Waals surface area (Å²) in [5.41, 5.74) is 3.97. The number of carbonyl (C=O) groups excluding carboxylic acids is 5. The second kappa shape index (κ2) is 12.6. The Morgan fingerprint density at radius 3 is 2.54 bits per heavy atom. The Kier molecular flexibility index (Phi) is 7.96. The van der Waals surface area contributed by atoms with E-state index in [1.165, 1.54) is 0 Å². The highest BCUT2D eigenvalue weighted by Gasteiger charge is 2.46. The molecule has 2 saturated heterocycles. The molecule has 15 heteroatoms. The van der Waals surface area contributed by atoms with E-state index in [1.54, 1.807) is 30.9 Å². The van der Waals surface area contributed by atoms with Gasteiger partial charge < -0.3 is 20.1 Å². The summed E-state index contributed by atoms with van der Waals surface area (Å²) in [5, 5.41) is 8.81. The van der Waals surface area contributed by atoms with E-state index in [4.69, 9.17) is 0 Å². The Morgan fingerprint density at radius 2 is 1.76 bits per heavy atom. The first-order valence-electron chi connectivity index (χ1n) is 17.0. The Morgan fingerprint density at radius 1 is 0.960 bits per heavy atom. The minimum absolute atomic E-state index is 0.0531. The number of benzene rings is 1. The lowest BCUT2D eigenvalue weighted by atomic mass is 9.86. The minimum Gasteiger partial charge on any atom is -0.371 e. The molecule has 1 saturated carbocycles. The number of rotatable bonds is 8. The molecule has 3 fully saturated rings. The van der Waals surface area contributed by atoms with Crippen LogP contribution in [0.25, 0.3) is 11.2 Å². The molecular weight excluding hydrogens is 640 g/mol. The van der Waals surface area contributed by atoms with E-state index in [2.05, 4.69) is 45.4 Å². The number of imidazole rings is 1. The van der Waals surface area contributed by atoms with Crippen molar-refractivity contribution in [3.8, 4) is 0 Å². The predicted molar refractivity (Wildman–Crippen MR) is 180 cm³/mol. The molecule has 1 aromatic carbocycles. The lowest BCUT2D eigenvalue weighted by Gasteiger charge is -2.36. The fraction of sp³-hybridized carbons (Fsp3) is 0.400. The van der Waals surface area contributed by atoms with Crippen molar-refractivity contribution in [3.63, 3.8) is 0 Å². The van der Waals surface area contributed by atoms with Crippen LogP contribution in [0.4, 0.5) is 11.5 Å². The summed E-state index contributed by atoms with van der Waals surface area (Å²) >= 11 is 0. The van der Waals surface area contributed by atoms with Crippen molar-refractivity contribution < 1.29 is 24.0 Å². The molecule has 4 aromatic rings. The third-order valence-electron chi connectivity index (χ3n) is 10.3. The van der Waals surface area contributed by atoms with Gasteiger partial charge in [0.1, 0.15) is 23.6 Å². The number of imide groups is 2. The van der Waals surface area contributed by atoms with Crippen LogP contribution in [0, 0.1) is 12.8 Å². The molecule has 1 aliphatic carbocycles. The van der Waals surface area contributed by atoms with Crippen LogP contribution in [0.2, 0.25) is 0 Å². The van der Waals surface area contributed by atoms with E-state index in [0.29, 0.717) is 53.8 Å². The summed E-state index contributed by atoms with van der Waals surface area (Å²) < 4.78 is 2.06. The van der Waals surface area contributed by atoms with Gasteiger partial charge in [-0.05, 0) is 69.2 Å². The van der Waals surface area contributed by atoms with Crippen molar-refractivity contribution in [3.05, 3.63) is 71.6 Å². The maximum atomic E-state index is 13.6. The fourth-order valence-electron chi connectivity index (χ4n) is 7.49. The molecule has 0 radical (unpaired) electrons. The first-order valence-corrected chi connectivity index (χ1v) is 17.0. The van der Waals surface area contributed by atoms with Gasteiger partial charge in [0.25, 0.3) is 17.7 Å². The molecule has 256 valence electrons. The Hall–Kier alpha value is -5.73. The SMILES string of the molecule is Cc1cccc(C(=O)NC2CC(n3cnc4c(NCC5CCN(c6cccc7c6C(=O)N(C6CCC(=O)NC6=O)C7=O)CC5)ncnc43)C2)n1. The maximum Gasteiger partial charge on any atom is 0.270 e. The molecule has 50 heavy (non-hydrogen) atoms. The topological polar surface area (TPSA) is 184 Å². The van der Waals surface area contributed by atoms with Crippen LogP contribution in [0.1, 0.15) is 81.5 Å². The summed E-state index contributed by atoms with van der Waals surface area (Å²) in [6, 6.07) is 9.88. The van der Waals surface area contributed by atoms with Gasteiger partial charge in [-0.25, -0.2) is 19.9 Å². The molecule has 4 aliphatic rings. The highest BCUT2D eigenvalue weighted by molar-refractivity contribution is 6.25. The van der Waals surface area contributed by atoms with Gasteiger partial charge in [0.15, 0.2) is 11.5 Å². The standard InChI is InChI=1S/C35H36N10O5/c1-19-4-2-6-24(40-19)32(47)41-21-14-22(15-21)44-18-39-29-30(37-17-38-31(29)44)36-16-20-10-12-43(13-11-20)25-7-3-5-23-28(25)35(50)45(34(23)49)26-8-9-27(46)42-33(26)48/h2-7,17-18,20-22,26H,8-16H2,1H3,(H,41,47)(H,36,37,38)(H,42,46,48). The molecule has 5 amide bonds. The zero-order chi connectivity index (χ0) is 34.5. The van der Waals surface area contributed by atoms with Crippen molar-refractivity contribution in [2.45, 2.75) is 63.6 Å². The van der Waals surface area contributed by atoms with E-state index in [9.17, 15) is 24.0 Å². The van der Waals surface area contributed by atoms with Gasteiger partial charge in [-0.1, -0.05) is 12.1 Å². The quantitative estimate of drug-likeness (QED) is 0.233. The number of pyridine rings is 1. The first-order chi connectivity index (χ1) is 24.2. The van der Waals surface area contributed by atoms with Gasteiger partial charge in [0.2, 0.25) is 11.8 Å². The van der Waals surface area contributed by atoms with E-state index >= 15 is 0 Å². The molecule has 0 spiro atoms. The number of hydrogen-bond donors (Lipinski definition) is 3. The number of anilines is 2. The average Bonchev–Trinajstić information content (AvgIpc) is 3.64. The highest BCUT2D eigenvalue weighted by atomic mass is 16.2. The monoisotopic (exact) mass is 676 g/mol. The molecule has 15 nitrogen and oxygen atoms in total.